The van der Waals surface area contributed by atoms with Crippen LogP contribution in [0.25, 0.3) is 0 Å². The van der Waals surface area contributed by atoms with Gasteiger partial charge in [-0.1, -0.05) is 13.3 Å². The Labute approximate surface area is 169 Å². The molecular weight excluding hydrogens is 376 g/mol. The van der Waals surface area contributed by atoms with Crippen LogP contribution in [0, 0.1) is 0 Å². The standard InChI is InChI=1S/C20H26N4O5/c1-6-8-13-16(19(25)29-7-2)17(24-20(23-13)21-11-22-24)12-9-14(26-3)18(28-5)15(10-12)27-4/h9-11,17H,6-8H2,1-5H3,(H,21,22,23). The van der Waals surface area contributed by atoms with E-state index in [2.05, 4.69) is 15.4 Å². The van der Waals surface area contributed by atoms with Crippen LogP contribution in [0.5, 0.6) is 17.2 Å². The lowest BCUT2D eigenvalue weighted by atomic mass is 9.93. The Hall–Kier alpha value is -3.23. The van der Waals surface area contributed by atoms with Gasteiger partial charge in [-0.25, -0.2) is 9.48 Å². The SMILES string of the molecule is CCCC1=C(C(=O)OCC)C(c2cc(OC)c(OC)c(OC)c2)n2ncnc2N1. The maximum Gasteiger partial charge on any atom is 0.338 e. The molecule has 0 aliphatic carbocycles. The molecule has 0 spiro atoms. The van der Waals surface area contributed by atoms with Gasteiger partial charge in [0.05, 0.1) is 33.5 Å². The summed E-state index contributed by atoms with van der Waals surface area (Å²) in [5, 5.41) is 7.57. The number of hydrogen-bond donors (Lipinski definition) is 1. The molecule has 1 unspecified atom stereocenters. The highest BCUT2D eigenvalue weighted by Gasteiger charge is 2.36. The van der Waals surface area contributed by atoms with Crippen molar-refractivity contribution in [1.82, 2.24) is 14.8 Å². The van der Waals surface area contributed by atoms with Gasteiger partial charge >= 0.3 is 5.97 Å². The normalized spacial score (nSPS) is 15.4. The summed E-state index contributed by atoms with van der Waals surface area (Å²) in [6.45, 7) is 4.10. The first-order chi connectivity index (χ1) is 14.1. The van der Waals surface area contributed by atoms with Crippen molar-refractivity contribution in [2.24, 2.45) is 0 Å². The number of carbonyl (C=O) groups is 1. The predicted octanol–water partition coefficient (Wildman–Crippen LogP) is 2.94. The van der Waals surface area contributed by atoms with E-state index in [1.807, 2.05) is 19.1 Å². The minimum absolute atomic E-state index is 0.272. The van der Waals surface area contributed by atoms with E-state index < -0.39 is 12.0 Å². The summed E-state index contributed by atoms with van der Waals surface area (Å²) in [6.07, 6.45) is 2.97. The zero-order valence-corrected chi connectivity index (χ0v) is 17.3. The summed E-state index contributed by atoms with van der Waals surface area (Å²) in [7, 11) is 4.65. The zero-order chi connectivity index (χ0) is 21.0. The molecule has 0 saturated heterocycles. The average Bonchev–Trinajstić information content (AvgIpc) is 3.20. The van der Waals surface area contributed by atoms with Crippen molar-refractivity contribution in [2.45, 2.75) is 32.7 Å². The van der Waals surface area contributed by atoms with Gasteiger partial charge in [-0.05, 0) is 31.0 Å². The fourth-order valence-electron chi connectivity index (χ4n) is 3.48. The summed E-state index contributed by atoms with van der Waals surface area (Å²) in [5.41, 5.74) is 2.00. The minimum atomic E-state index is -0.553. The van der Waals surface area contributed by atoms with Crippen molar-refractivity contribution in [3.63, 3.8) is 0 Å². The van der Waals surface area contributed by atoms with Gasteiger partial charge in [-0.3, -0.25) is 0 Å². The second-order valence-corrected chi connectivity index (χ2v) is 6.38. The molecule has 156 valence electrons. The van der Waals surface area contributed by atoms with Crippen LogP contribution < -0.4 is 19.5 Å². The van der Waals surface area contributed by atoms with Crippen molar-refractivity contribution >= 4 is 11.9 Å². The van der Waals surface area contributed by atoms with Crippen molar-refractivity contribution in [2.75, 3.05) is 33.3 Å². The number of methoxy groups -OCH3 is 3. The minimum Gasteiger partial charge on any atom is -0.493 e. The molecule has 3 rings (SSSR count). The molecule has 0 bridgehead atoms. The van der Waals surface area contributed by atoms with Crippen LogP contribution in [0.3, 0.4) is 0 Å². The third-order valence-electron chi connectivity index (χ3n) is 4.68. The number of ether oxygens (including phenoxy) is 4. The number of hydrogen-bond acceptors (Lipinski definition) is 8. The van der Waals surface area contributed by atoms with Crippen LogP contribution in [-0.4, -0.2) is 48.7 Å². The van der Waals surface area contributed by atoms with Crippen molar-refractivity contribution in [1.29, 1.82) is 0 Å². The lowest BCUT2D eigenvalue weighted by molar-refractivity contribution is -0.139. The van der Waals surface area contributed by atoms with Gasteiger partial charge in [0.15, 0.2) is 11.5 Å². The largest absolute Gasteiger partial charge is 0.493 e. The van der Waals surface area contributed by atoms with E-state index in [0.717, 1.165) is 17.7 Å². The van der Waals surface area contributed by atoms with Gasteiger partial charge in [0.25, 0.3) is 0 Å². The highest BCUT2D eigenvalue weighted by Crippen LogP contribution is 2.44. The van der Waals surface area contributed by atoms with Gasteiger partial charge in [0.2, 0.25) is 11.7 Å². The Kier molecular flexibility index (Phi) is 6.26. The molecule has 9 nitrogen and oxygen atoms in total. The lowest BCUT2D eigenvalue weighted by Gasteiger charge is -2.30. The van der Waals surface area contributed by atoms with Gasteiger partial charge in [-0.2, -0.15) is 10.1 Å². The van der Waals surface area contributed by atoms with Gasteiger partial charge in [0, 0.05) is 5.70 Å². The number of nitrogens with zero attached hydrogens (tertiary/aromatic N) is 3. The number of aromatic nitrogens is 3. The maximum absolute atomic E-state index is 13.0. The van der Waals surface area contributed by atoms with Crippen LogP contribution in [0.4, 0.5) is 5.95 Å². The number of anilines is 1. The van der Waals surface area contributed by atoms with Crippen LogP contribution >= 0.6 is 0 Å². The van der Waals surface area contributed by atoms with Crippen LogP contribution in [0.15, 0.2) is 29.7 Å². The Balaban J connectivity index is 2.25. The van der Waals surface area contributed by atoms with E-state index in [1.165, 1.54) is 6.33 Å². The van der Waals surface area contributed by atoms with Gasteiger partial charge < -0.3 is 24.3 Å². The number of benzene rings is 1. The van der Waals surface area contributed by atoms with E-state index in [4.69, 9.17) is 18.9 Å². The van der Waals surface area contributed by atoms with Crippen LogP contribution in [0.1, 0.15) is 38.3 Å². The molecule has 0 fully saturated rings. The number of allylic oxidation sites excluding steroid dienone is 1. The first-order valence-electron chi connectivity index (χ1n) is 9.46. The summed E-state index contributed by atoms with van der Waals surface area (Å²) >= 11 is 0. The average molecular weight is 402 g/mol. The molecule has 1 aromatic heterocycles. The Morgan fingerprint density at radius 2 is 1.83 bits per heavy atom. The van der Waals surface area contributed by atoms with E-state index in [-0.39, 0.29) is 6.61 Å². The van der Waals surface area contributed by atoms with E-state index >= 15 is 0 Å². The van der Waals surface area contributed by atoms with Gasteiger partial charge in [-0.15, -0.1) is 0 Å². The van der Waals surface area contributed by atoms with Gasteiger partial charge in [0.1, 0.15) is 12.4 Å². The molecule has 2 aromatic rings. The number of carbonyl (C=O) groups excluding carboxylic acids is 1. The van der Waals surface area contributed by atoms with E-state index in [9.17, 15) is 4.79 Å². The number of rotatable bonds is 8. The van der Waals surface area contributed by atoms with Crippen molar-refractivity contribution in [3.05, 3.63) is 35.3 Å². The molecular formula is C20H26N4O5. The molecule has 2 heterocycles. The highest BCUT2D eigenvalue weighted by molar-refractivity contribution is 5.92. The Bertz CT molecular complexity index is 896. The highest BCUT2D eigenvalue weighted by atomic mass is 16.5. The molecule has 1 aliphatic heterocycles. The Morgan fingerprint density at radius 3 is 2.38 bits per heavy atom. The molecule has 1 aliphatic rings. The molecule has 9 heteroatoms. The molecule has 0 radical (unpaired) electrons. The third-order valence-corrected chi connectivity index (χ3v) is 4.68. The molecule has 1 N–H and O–H groups in total. The second kappa shape index (κ2) is 8.85. The molecule has 0 saturated carbocycles. The smallest absolute Gasteiger partial charge is 0.338 e. The molecule has 29 heavy (non-hydrogen) atoms. The number of fused-ring (bicyclic) bond motifs is 1. The molecule has 1 atom stereocenters. The molecule has 1 aromatic carbocycles. The monoisotopic (exact) mass is 402 g/mol. The Morgan fingerprint density at radius 1 is 1.14 bits per heavy atom. The van der Waals surface area contributed by atoms with Crippen LogP contribution in [-0.2, 0) is 9.53 Å². The third kappa shape index (κ3) is 3.72. The number of nitrogens with one attached hydrogen (secondary N) is 1. The van der Waals surface area contributed by atoms with Crippen LogP contribution in [0.2, 0.25) is 0 Å². The topological polar surface area (TPSA) is 96.7 Å². The zero-order valence-electron chi connectivity index (χ0n) is 17.3. The summed E-state index contributed by atoms with van der Waals surface area (Å²) in [4.78, 5) is 17.3. The van der Waals surface area contributed by atoms with E-state index in [1.54, 1.807) is 32.9 Å². The van der Waals surface area contributed by atoms with E-state index in [0.29, 0.717) is 35.2 Å². The summed E-state index contributed by atoms with van der Waals surface area (Å²) < 4.78 is 23.5. The predicted molar refractivity (Wildman–Crippen MR) is 106 cm³/mol. The lowest BCUT2D eigenvalue weighted by Crippen LogP contribution is -2.30. The fourth-order valence-corrected chi connectivity index (χ4v) is 3.48. The number of esters is 1. The fraction of sp³-hybridized carbons (Fsp3) is 0.450. The first kappa shape index (κ1) is 20.5. The maximum atomic E-state index is 13.0. The second-order valence-electron chi connectivity index (χ2n) is 6.38. The quantitative estimate of drug-likeness (QED) is 0.673. The van der Waals surface area contributed by atoms with Crippen molar-refractivity contribution in [3.8, 4) is 17.2 Å². The summed E-state index contributed by atoms with van der Waals surface area (Å²) in [5.74, 6) is 1.61. The molecule has 0 amide bonds. The first-order valence-corrected chi connectivity index (χ1v) is 9.46. The summed E-state index contributed by atoms with van der Waals surface area (Å²) in [6, 6.07) is 3.07. The van der Waals surface area contributed by atoms with Crippen molar-refractivity contribution < 1.29 is 23.7 Å².